The highest BCUT2D eigenvalue weighted by Gasteiger charge is 2.14. The van der Waals surface area contributed by atoms with Gasteiger partial charge in [0, 0.05) is 36.5 Å². The lowest BCUT2D eigenvalue weighted by Gasteiger charge is -2.16. The molecule has 0 radical (unpaired) electrons. The maximum atomic E-state index is 12.3. The van der Waals surface area contributed by atoms with E-state index in [2.05, 4.69) is 26.1 Å². The Morgan fingerprint density at radius 3 is 2.52 bits per heavy atom. The van der Waals surface area contributed by atoms with Crippen LogP contribution in [-0.4, -0.2) is 35.1 Å². The molecule has 6 nitrogen and oxygen atoms in total. The fourth-order valence-corrected chi connectivity index (χ4v) is 2.83. The van der Waals surface area contributed by atoms with Gasteiger partial charge in [-0.05, 0) is 42.0 Å². The molecule has 1 aromatic heterocycles. The molecule has 2 aromatic carbocycles. The van der Waals surface area contributed by atoms with Crippen LogP contribution >= 0.6 is 15.9 Å². The van der Waals surface area contributed by atoms with Crippen LogP contribution in [0.25, 0.3) is 11.4 Å². The predicted molar refractivity (Wildman–Crippen MR) is 105 cm³/mol. The Balaban J connectivity index is 1.54. The number of benzene rings is 2. The average molecular weight is 430 g/mol. The molecule has 0 atom stereocenters. The molecule has 0 saturated heterocycles. The summed E-state index contributed by atoms with van der Waals surface area (Å²) in [6.45, 7) is 0.563. The van der Waals surface area contributed by atoms with E-state index in [1.54, 1.807) is 19.1 Å². The van der Waals surface area contributed by atoms with Crippen LogP contribution in [0.4, 0.5) is 0 Å². The molecule has 0 aliphatic rings. The van der Waals surface area contributed by atoms with Gasteiger partial charge >= 0.3 is 0 Å². The first-order valence-electron chi connectivity index (χ1n) is 8.50. The van der Waals surface area contributed by atoms with Gasteiger partial charge in [-0.2, -0.15) is 4.98 Å². The molecular weight excluding hydrogens is 410 g/mol. The Bertz CT molecular complexity index is 892. The molecule has 0 aliphatic heterocycles. The fraction of sp³-hybridized carbons (Fsp3) is 0.250. The number of nitrogens with zero attached hydrogens (tertiary/aromatic N) is 3. The van der Waals surface area contributed by atoms with Crippen molar-refractivity contribution in [3.05, 3.63) is 64.5 Å². The van der Waals surface area contributed by atoms with Crippen LogP contribution in [0.1, 0.15) is 17.9 Å². The molecule has 1 heterocycles. The van der Waals surface area contributed by atoms with Gasteiger partial charge < -0.3 is 14.2 Å². The Labute approximate surface area is 166 Å². The molecule has 0 N–H and O–H groups in total. The summed E-state index contributed by atoms with van der Waals surface area (Å²) in [5.74, 6) is 1.75. The van der Waals surface area contributed by atoms with Crippen molar-refractivity contribution >= 4 is 21.8 Å². The van der Waals surface area contributed by atoms with Crippen molar-refractivity contribution in [1.29, 1.82) is 0 Å². The number of aryl methyl sites for hydroxylation is 1. The van der Waals surface area contributed by atoms with Crippen molar-refractivity contribution in [2.24, 2.45) is 0 Å². The Morgan fingerprint density at radius 2 is 1.85 bits per heavy atom. The Morgan fingerprint density at radius 1 is 1.15 bits per heavy atom. The van der Waals surface area contributed by atoms with Gasteiger partial charge in [-0.3, -0.25) is 4.79 Å². The smallest absolute Gasteiger partial charge is 0.227 e. The van der Waals surface area contributed by atoms with Gasteiger partial charge in [-0.25, -0.2) is 0 Å². The van der Waals surface area contributed by atoms with Crippen molar-refractivity contribution in [2.75, 3.05) is 14.2 Å². The summed E-state index contributed by atoms with van der Waals surface area (Å²) in [6.07, 6.45) is 0.726. The number of methoxy groups -OCH3 is 1. The van der Waals surface area contributed by atoms with E-state index in [-0.39, 0.29) is 5.91 Å². The van der Waals surface area contributed by atoms with E-state index < -0.39 is 0 Å². The minimum Gasteiger partial charge on any atom is -0.497 e. The molecule has 0 spiro atoms. The molecule has 0 unspecified atom stereocenters. The van der Waals surface area contributed by atoms with Crippen LogP contribution in [0.15, 0.2) is 57.5 Å². The predicted octanol–water partition coefficient (Wildman–Crippen LogP) is 4.10. The van der Waals surface area contributed by atoms with Crippen molar-refractivity contribution in [2.45, 2.75) is 19.4 Å². The second-order valence-corrected chi connectivity index (χ2v) is 7.03. The van der Waals surface area contributed by atoms with Crippen LogP contribution in [0, 0.1) is 0 Å². The van der Waals surface area contributed by atoms with Crippen LogP contribution in [-0.2, 0) is 17.8 Å². The molecule has 1 amide bonds. The summed E-state index contributed by atoms with van der Waals surface area (Å²) in [7, 11) is 3.41. The highest BCUT2D eigenvalue weighted by atomic mass is 79.9. The molecule has 7 heteroatoms. The highest BCUT2D eigenvalue weighted by molar-refractivity contribution is 9.10. The zero-order valence-corrected chi connectivity index (χ0v) is 16.8. The number of hydrogen-bond donors (Lipinski definition) is 0. The molecule has 0 saturated carbocycles. The second-order valence-electron chi connectivity index (χ2n) is 6.12. The average Bonchev–Trinajstić information content (AvgIpc) is 3.17. The first kappa shape index (κ1) is 19.1. The summed E-state index contributed by atoms with van der Waals surface area (Å²) in [5, 5.41) is 3.98. The maximum Gasteiger partial charge on any atom is 0.227 e. The van der Waals surface area contributed by atoms with E-state index >= 15 is 0 Å². The van der Waals surface area contributed by atoms with E-state index in [9.17, 15) is 4.79 Å². The minimum atomic E-state index is 0.0297. The van der Waals surface area contributed by atoms with Crippen molar-refractivity contribution in [1.82, 2.24) is 15.0 Å². The number of ether oxygens (including phenoxy) is 1. The van der Waals surface area contributed by atoms with Crippen molar-refractivity contribution in [3.63, 3.8) is 0 Å². The number of halogens is 1. The molecule has 140 valence electrons. The first-order valence-corrected chi connectivity index (χ1v) is 9.30. The van der Waals surface area contributed by atoms with Crippen LogP contribution in [0.5, 0.6) is 5.75 Å². The quantitative estimate of drug-likeness (QED) is 0.565. The van der Waals surface area contributed by atoms with E-state index in [4.69, 9.17) is 9.26 Å². The number of rotatable bonds is 7. The van der Waals surface area contributed by atoms with Gasteiger partial charge in [0.15, 0.2) is 0 Å². The van der Waals surface area contributed by atoms with Gasteiger partial charge in [0.05, 0.1) is 7.11 Å². The first-order chi connectivity index (χ1) is 13.0. The molecule has 0 bridgehead atoms. The Hall–Kier alpha value is -2.67. The molecule has 3 aromatic rings. The lowest BCUT2D eigenvalue weighted by Crippen LogP contribution is -2.26. The highest BCUT2D eigenvalue weighted by Crippen LogP contribution is 2.20. The standard InChI is InChI=1S/C20H20BrN3O3/c1-24(13-14-3-7-16(21)8-4-14)19(25)12-11-18-22-20(23-27-18)15-5-9-17(26-2)10-6-15/h3-10H,11-13H2,1-2H3. The van der Waals surface area contributed by atoms with Crippen molar-refractivity contribution in [3.8, 4) is 17.1 Å². The maximum absolute atomic E-state index is 12.3. The Kier molecular flexibility index (Phi) is 6.24. The third-order valence-corrected chi connectivity index (χ3v) is 4.66. The van der Waals surface area contributed by atoms with E-state index in [0.717, 1.165) is 21.3 Å². The van der Waals surface area contributed by atoms with E-state index in [1.807, 2.05) is 48.5 Å². The summed E-state index contributed by atoms with van der Waals surface area (Å²) < 4.78 is 11.4. The molecule has 3 rings (SSSR count). The third-order valence-electron chi connectivity index (χ3n) is 4.13. The third kappa shape index (κ3) is 5.17. The molecule has 0 aliphatic carbocycles. The monoisotopic (exact) mass is 429 g/mol. The molecular formula is C20H20BrN3O3. The second kappa shape index (κ2) is 8.81. The number of amides is 1. The van der Waals surface area contributed by atoms with E-state index in [0.29, 0.717) is 31.1 Å². The van der Waals surface area contributed by atoms with Crippen molar-refractivity contribution < 1.29 is 14.1 Å². The zero-order chi connectivity index (χ0) is 19.2. The van der Waals surface area contributed by atoms with Gasteiger partial charge in [0.25, 0.3) is 0 Å². The van der Waals surface area contributed by atoms with Gasteiger partial charge in [0.1, 0.15) is 5.75 Å². The van der Waals surface area contributed by atoms with Crippen LogP contribution in [0.3, 0.4) is 0 Å². The largest absolute Gasteiger partial charge is 0.497 e. The van der Waals surface area contributed by atoms with Gasteiger partial charge in [-0.1, -0.05) is 33.2 Å². The van der Waals surface area contributed by atoms with Gasteiger partial charge in [0.2, 0.25) is 17.6 Å². The number of hydrogen-bond acceptors (Lipinski definition) is 5. The topological polar surface area (TPSA) is 68.5 Å². The normalized spacial score (nSPS) is 10.6. The SMILES string of the molecule is COc1ccc(-c2noc(CCC(=O)N(C)Cc3ccc(Br)cc3)n2)cc1. The summed E-state index contributed by atoms with van der Waals surface area (Å²) in [5.41, 5.74) is 1.91. The van der Waals surface area contributed by atoms with Gasteiger partial charge in [-0.15, -0.1) is 0 Å². The summed E-state index contributed by atoms with van der Waals surface area (Å²) in [6, 6.07) is 15.3. The summed E-state index contributed by atoms with van der Waals surface area (Å²) in [4.78, 5) is 18.4. The molecule has 0 fully saturated rings. The lowest BCUT2D eigenvalue weighted by molar-refractivity contribution is -0.130. The number of aromatic nitrogens is 2. The molecule has 27 heavy (non-hydrogen) atoms. The zero-order valence-electron chi connectivity index (χ0n) is 15.2. The minimum absolute atomic E-state index is 0.0297. The lowest BCUT2D eigenvalue weighted by atomic mass is 10.2. The van der Waals surface area contributed by atoms with Crippen LogP contribution < -0.4 is 4.74 Å². The van der Waals surface area contributed by atoms with Crippen LogP contribution in [0.2, 0.25) is 0 Å². The fourth-order valence-electron chi connectivity index (χ4n) is 2.57. The number of carbonyl (C=O) groups is 1. The number of carbonyl (C=O) groups excluding carboxylic acids is 1. The summed E-state index contributed by atoms with van der Waals surface area (Å²) >= 11 is 3.41. The van der Waals surface area contributed by atoms with E-state index in [1.165, 1.54) is 0 Å².